The molecule has 2 aromatic rings. The molecule has 4 rings (SSSR count). The number of benzene rings is 2. The molecule has 7 heteroatoms. The Kier molecular flexibility index (Phi) is 5.14. The van der Waals surface area contributed by atoms with Gasteiger partial charge in [0.25, 0.3) is 0 Å². The minimum absolute atomic E-state index is 0.106. The molecule has 2 aromatic carbocycles. The van der Waals surface area contributed by atoms with Gasteiger partial charge in [0.2, 0.25) is 0 Å². The second-order valence-electron chi connectivity index (χ2n) is 6.94. The summed E-state index contributed by atoms with van der Waals surface area (Å²) in [7, 11) is 1.60. The van der Waals surface area contributed by atoms with E-state index in [1.54, 1.807) is 7.11 Å². The van der Waals surface area contributed by atoms with E-state index in [0.29, 0.717) is 37.7 Å². The second-order valence-corrected chi connectivity index (χ2v) is 6.94. The van der Waals surface area contributed by atoms with Gasteiger partial charge in [-0.15, -0.1) is 0 Å². The zero-order valence-electron chi connectivity index (χ0n) is 16.2. The van der Waals surface area contributed by atoms with Crippen molar-refractivity contribution in [3.05, 3.63) is 42.0 Å². The van der Waals surface area contributed by atoms with E-state index in [4.69, 9.17) is 14.2 Å². The standard InChI is InChI=1S/C21H25N3O4/c1-15-3-5-18(26-2)17(13-15)22-21(25)24-9-7-23(8-10-24)16-4-6-19-20(14-16)28-12-11-27-19/h3-6,13-14H,7-12H2,1-2H3,(H,22,25). The fourth-order valence-corrected chi connectivity index (χ4v) is 3.51. The summed E-state index contributed by atoms with van der Waals surface area (Å²) < 4.78 is 16.6. The van der Waals surface area contributed by atoms with Crippen LogP contribution in [0.25, 0.3) is 0 Å². The lowest BCUT2D eigenvalue weighted by atomic mass is 10.2. The van der Waals surface area contributed by atoms with Gasteiger partial charge in [0, 0.05) is 37.9 Å². The zero-order chi connectivity index (χ0) is 19.5. The summed E-state index contributed by atoms with van der Waals surface area (Å²) in [6.45, 7) is 5.97. The van der Waals surface area contributed by atoms with E-state index in [1.807, 2.05) is 48.2 Å². The molecule has 0 unspecified atom stereocenters. The molecule has 2 amide bonds. The Morgan fingerprint density at radius 2 is 1.75 bits per heavy atom. The van der Waals surface area contributed by atoms with Crippen molar-refractivity contribution >= 4 is 17.4 Å². The van der Waals surface area contributed by atoms with Gasteiger partial charge in [-0.3, -0.25) is 0 Å². The average Bonchev–Trinajstić information content (AvgIpc) is 2.73. The van der Waals surface area contributed by atoms with Crippen molar-refractivity contribution in [3.8, 4) is 17.2 Å². The quantitative estimate of drug-likeness (QED) is 0.882. The normalized spacial score (nSPS) is 15.9. The first-order valence-corrected chi connectivity index (χ1v) is 9.49. The Hall–Kier alpha value is -3.09. The van der Waals surface area contributed by atoms with Gasteiger partial charge in [-0.25, -0.2) is 4.79 Å². The number of methoxy groups -OCH3 is 1. The van der Waals surface area contributed by atoms with Crippen LogP contribution in [0.15, 0.2) is 36.4 Å². The molecule has 0 saturated carbocycles. The molecule has 1 N–H and O–H groups in total. The molecule has 1 saturated heterocycles. The maximum atomic E-state index is 12.7. The summed E-state index contributed by atoms with van der Waals surface area (Å²) in [5.74, 6) is 2.24. The van der Waals surface area contributed by atoms with Crippen molar-refractivity contribution in [1.82, 2.24) is 4.90 Å². The highest BCUT2D eigenvalue weighted by molar-refractivity contribution is 5.91. The monoisotopic (exact) mass is 383 g/mol. The lowest BCUT2D eigenvalue weighted by Crippen LogP contribution is -2.50. The number of anilines is 2. The highest BCUT2D eigenvalue weighted by Gasteiger charge is 2.23. The topological polar surface area (TPSA) is 63.3 Å². The maximum Gasteiger partial charge on any atom is 0.322 e. The lowest BCUT2D eigenvalue weighted by molar-refractivity contribution is 0.171. The molecule has 148 valence electrons. The third kappa shape index (κ3) is 3.78. The largest absolute Gasteiger partial charge is 0.495 e. The number of rotatable bonds is 3. The molecule has 0 atom stereocenters. The fourth-order valence-electron chi connectivity index (χ4n) is 3.51. The maximum absolute atomic E-state index is 12.7. The predicted octanol–water partition coefficient (Wildman–Crippen LogP) is 3.13. The van der Waals surface area contributed by atoms with Gasteiger partial charge < -0.3 is 29.3 Å². The third-order valence-electron chi connectivity index (χ3n) is 5.05. The Morgan fingerprint density at radius 3 is 2.50 bits per heavy atom. The van der Waals surface area contributed by atoms with Gasteiger partial charge in [0.1, 0.15) is 19.0 Å². The van der Waals surface area contributed by atoms with Gasteiger partial charge in [-0.05, 0) is 36.8 Å². The first-order valence-electron chi connectivity index (χ1n) is 9.49. The first-order chi connectivity index (χ1) is 13.6. The number of carbonyl (C=O) groups is 1. The van der Waals surface area contributed by atoms with E-state index < -0.39 is 0 Å². The van der Waals surface area contributed by atoms with E-state index in [0.717, 1.165) is 35.8 Å². The number of piperazine rings is 1. The molecule has 2 aliphatic rings. The van der Waals surface area contributed by atoms with Crippen LogP contribution < -0.4 is 24.4 Å². The molecule has 7 nitrogen and oxygen atoms in total. The van der Waals surface area contributed by atoms with Gasteiger partial charge in [-0.2, -0.15) is 0 Å². The number of ether oxygens (including phenoxy) is 3. The fraction of sp³-hybridized carbons (Fsp3) is 0.381. The van der Waals surface area contributed by atoms with Crippen LogP contribution in [0.2, 0.25) is 0 Å². The van der Waals surface area contributed by atoms with Crippen LogP contribution in [0.5, 0.6) is 17.2 Å². The van der Waals surface area contributed by atoms with Crippen LogP contribution >= 0.6 is 0 Å². The molecule has 0 aromatic heterocycles. The van der Waals surface area contributed by atoms with Crippen LogP contribution in [0.1, 0.15) is 5.56 Å². The van der Waals surface area contributed by atoms with E-state index in [-0.39, 0.29) is 6.03 Å². The van der Waals surface area contributed by atoms with E-state index >= 15 is 0 Å². The second kappa shape index (κ2) is 7.88. The smallest absolute Gasteiger partial charge is 0.322 e. The van der Waals surface area contributed by atoms with Gasteiger partial charge in [-0.1, -0.05) is 6.07 Å². The van der Waals surface area contributed by atoms with E-state index in [2.05, 4.69) is 10.2 Å². The predicted molar refractivity (Wildman–Crippen MR) is 108 cm³/mol. The Balaban J connectivity index is 1.37. The van der Waals surface area contributed by atoms with Crippen molar-refractivity contribution in [3.63, 3.8) is 0 Å². The van der Waals surface area contributed by atoms with Crippen LogP contribution in [0, 0.1) is 6.92 Å². The van der Waals surface area contributed by atoms with E-state index in [9.17, 15) is 4.79 Å². The van der Waals surface area contributed by atoms with Crippen molar-refractivity contribution in [2.45, 2.75) is 6.92 Å². The molecular weight excluding hydrogens is 358 g/mol. The lowest BCUT2D eigenvalue weighted by Gasteiger charge is -2.36. The molecule has 0 spiro atoms. The van der Waals surface area contributed by atoms with Crippen LogP contribution in [-0.2, 0) is 0 Å². The van der Waals surface area contributed by atoms with Gasteiger partial charge in [0.05, 0.1) is 12.8 Å². The third-order valence-corrected chi connectivity index (χ3v) is 5.05. The summed E-state index contributed by atoms with van der Waals surface area (Å²) in [6.07, 6.45) is 0. The summed E-state index contributed by atoms with van der Waals surface area (Å²) in [4.78, 5) is 16.8. The first kappa shape index (κ1) is 18.3. The van der Waals surface area contributed by atoms with Gasteiger partial charge >= 0.3 is 6.03 Å². The van der Waals surface area contributed by atoms with Crippen molar-refractivity contribution < 1.29 is 19.0 Å². The SMILES string of the molecule is COc1ccc(C)cc1NC(=O)N1CCN(c2ccc3c(c2)OCCO3)CC1. The number of carbonyl (C=O) groups excluding carboxylic acids is 1. The molecule has 2 aliphatic heterocycles. The highest BCUT2D eigenvalue weighted by atomic mass is 16.6. The molecule has 28 heavy (non-hydrogen) atoms. The number of amides is 2. The minimum Gasteiger partial charge on any atom is -0.495 e. The summed E-state index contributed by atoms with van der Waals surface area (Å²) >= 11 is 0. The number of fused-ring (bicyclic) bond motifs is 1. The number of aryl methyl sites for hydroxylation is 1. The number of hydrogen-bond acceptors (Lipinski definition) is 5. The zero-order valence-corrected chi connectivity index (χ0v) is 16.2. The number of nitrogens with zero attached hydrogens (tertiary/aromatic N) is 2. The minimum atomic E-state index is -0.106. The molecule has 1 fully saturated rings. The number of nitrogens with one attached hydrogen (secondary N) is 1. The van der Waals surface area contributed by atoms with Crippen molar-refractivity contribution in [1.29, 1.82) is 0 Å². The van der Waals surface area contributed by atoms with E-state index in [1.165, 1.54) is 0 Å². The van der Waals surface area contributed by atoms with Crippen LogP contribution in [0.3, 0.4) is 0 Å². The van der Waals surface area contributed by atoms with Crippen molar-refractivity contribution in [2.24, 2.45) is 0 Å². The Labute approximate surface area is 164 Å². The highest BCUT2D eigenvalue weighted by Crippen LogP contribution is 2.34. The Bertz CT molecular complexity index is 863. The van der Waals surface area contributed by atoms with Crippen LogP contribution in [-0.4, -0.2) is 57.4 Å². The Morgan fingerprint density at radius 1 is 1.00 bits per heavy atom. The molecule has 0 aliphatic carbocycles. The molecule has 0 radical (unpaired) electrons. The van der Waals surface area contributed by atoms with Crippen LogP contribution in [0.4, 0.5) is 16.2 Å². The summed E-state index contributed by atoms with van der Waals surface area (Å²) in [5, 5.41) is 2.97. The van der Waals surface area contributed by atoms with Crippen molar-refractivity contribution in [2.75, 3.05) is 56.7 Å². The summed E-state index contributed by atoms with van der Waals surface area (Å²) in [5.41, 5.74) is 2.85. The summed E-state index contributed by atoms with van der Waals surface area (Å²) in [6, 6.07) is 11.6. The molecule has 2 heterocycles. The average molecular weight is 383 g/mol. The number of urea groups is 1. The molecular formula is C21H25N3O4. The number of hydrogen-bond donors (Lipinski definition) is 1. The van der Waals surface area contributed by atoms with Gasteiger partial charge in [0.15, 0.2) is 11.5 Å². The molecule has 0 bridgehead atoms.